The quantitative estimate of drug-likeness (QED) is 0.849. The summed E-state index contributed by atoms with van der Waals surface area (Å²) < 4.78 is 17.9. The Morgan fingerprint density at radius 2 is 1.95 bits per heavy atom. The van der Waals surface area contributed by atoms with E-state index in [4.69, 9.17) is 0 Å². The van der Waals surface area contributed by atoms with Crippen LogP contribution in [0.3, 0.4) is 0 Å². The molecule has 0 saturated carbocycles. The molecule has 110 valence electrons. The van der Waals surface area contributed by atoms with Crippen LogP contribution in [0.15, 0.2) is 48.5 Å². The summed E-state index contributed by atoms with van der Waals surface area (Å²) in [6, 6.07) is 14.1. The van der Waals surface area contributed by atoms with Crippen molar-refractivity contribution < 1.29 is 13.9 Å². The Morgan fingerprint density at radius 1 is 1.24 bits per heavy atom. The van der Waals surface area contributed by atoms with Crippen molar-refractivity contribution in [2.45, 2.75) is 12.8 Å². The lowest BCUT2D eigenvalue weighted by Gasteiger charge is -2.16. The van der Waals surface area contributed by atoms with Gasteiger partial charge in [-0.1, -0.05) is 37.3 Å². The van der Waals surface area contributed by atoms with Crippen LogP contribution in [-0.4, -0.2) is 19.6 Å². The lowest BCUT2D eigenvalue weighted by molar-refractivity contribution is 0.0601. The number of rotatable bonds is 5. The summed E-state index contributed by atoms with van der Waals surface area (Å²) >= 11 is 0. The van der Waals surface area contributed by atoms with Crippen molar-refractivity contribution in [1.82, 2.24) is 0 Å². The second-order valence-electron chi connectivity index (χ2n) is 4.87. The van der Waals surface area contributed by atoms with Gasteiger partial charge in [0.15, 0.2) is 0 Å². The lowest BCUT2D eigenvalue weighted by Crippen LogP contribution is -2.13. The number of carbonyl (C=O) groups excluding carboxylic acids is 1. The molecule has 1 atom stereocenters. The summed E-state index contributed by atoms with van der Waals surface area (Å²) in [6.45, 7) is 2.73. The molecular weight excluding hydrogens is 269 g/mol. The van der Waals surface area contributed by atoms with E-state index >= 15 is 0 Å². The van der Waals surface area contributed by atoms with E-state index < -0.39 is 11.8 Å². The first-order valence-electron chi connectivity index (χ1n) is 6.78. The Balaban J connectivity index is 2.11. The number of halogens is 1. The highest BCUT2D eigenvalue weighted by molar-refractivity contribution is 5.95. The standard InChI is InChI=1S/C17H18FNO2/c1-12(13-6-4-3-5-7-13)11-19-16-9-8-14(18)10-15(16)17(20)21-2/h3-10,12,19H,11H2,1-2H3. The van der Waals surface area contributed by atoms with Gasteiger partial charge < -0.3 is 10.1 Å². The molecular formula is C17H18FNO2. The minimum atomic E-state index is -0.552. The topological polar surface area (TPSA) is 38.3 Å². The molecule has 0 spiro atoms. The third-order valence-electron chi connectivity index (χ3n) is 3.35. The highest BCUT2D eigenvalue weighted by Gasteiger charge is 2.14. The summed E-state index contributed by atoms with van der Waals surface area (Å²) in [4.78, 5) is 11.7. The molecule has 21 heavy (non-hydrogen) atoms. The normalized spacial score (nSPS) is 11.8. The number of carbonyl (C=O) groups is 1. The van der Waals surface area contributed by atoms with Crippen LogP contribution in [0, 0.1) is 5.82 Å². The monoisotopic (exact) mass is 287 g/mol. The number of ether oxygens (including phenoxy) is 1. The van der Waals surface area contributed by atoms with Crippen LogP contribution in [-0.2, 0) is 4.74 Å². The van der Waals surface area contributed by atoms with Crippen LogP contribution in [0.4, 0.5) is 10.1 Å². The van der Waals surface area contributed by atoms with Crippen LogP contribution >= 0.6 is 0 Å². The number of methoxy groups -OCH3 is 1. The first-order chi connectivity index (χ1) is 10.1. The van der Waals surface area contributed by atoms with Crippen LogP contribution in [0.5, 0.6) is 0 Å². The van der Waals surface area contributed by atoms with Crippen LogP contribution < -0.4 is 5.32 Å². The van der Waals surface area contributed by atoms with Crippen LogP contribution in [0.2, 0.25) is 0 Å². The van der Waals surface area contributed by atoms with E-state index in [9.17, 15) is 9.18 Å². The van der Waals surface area contributed by atoms with Gasteiger partial charge in [-0.2, -0.15) is 0 Å². The third kappa shape index (κ3) is 3.81. The zero-order chi connectivity index (χ0) is 15.2. The van der Waals surface area contributed by atoms with Gasteiger partial charge in [-0.15, -0.1) is 0 Å². The minimum Gasteiger partial charge on any atom is -0.465 e. The molecule has 0 aromatic heterocycles. The Morgan fingerprint density at radius 3 is 2.62 bits per heavy atom. The van der Waals surface area contributed by atoms with Gasteiger partial charge in [0.05, 0.1) is 12.7 Å². The van der Waals surface area contributed by atoms with Gasteiger partial charge in [0.25, 0.3) is 0 Å². The highest BCUT2D eigenvalue weighted by Crippen LogP contribution is 2.21. The third-order valence-corrected chi connectivity index (χ3v) is 3.35. The molecule has 0 saturated heterocycles. The summed E-state index contributed by atoms with van der Waals surface area (Å²) in [5.74, 6) is -0.747. The zero-order valence-corrected chi connectivity index (χ0v) is 12.1. The van der Waals surface area contributed by atoms with Crippen molar-refractivity contribution in [2.24, 2.45) is 0 Å². The van der Waals surface area contributed by atoms with Gasteiger partial charge >= 0.3 is 5.97 Å². The fraction of sp³-hybridized carbons (Fsp3) is 0.235. The van der Waals surface area contributed by atoms with E-state index in [1.807, 2.05) is 18.2 Å². The smallest absolute Gasteiger partial charge is 0.340 e. The number of anilines is 1. The molecule has 2 aromatic carbocycles. The second kappa shape index (κ2) is 6.88. The Kier molecular flexibility index (Phi) is 4.93. The van der Waals surface area contributed by atoms with E-state index in [2.05, 4.69) is 29.1 Å². The first-order valence-corrected chi connectivity index (χ1v) is 6.78. The average Bonchev–Trinajstić information content (AvgIpc) is 2.53. The highest BCUT2D eigenvalue weighted by atomic mass is 19.1. The van der Waals surface area contributed by atoms with Gasteiger partial charge in [-0.25, -0.2) is 9.18 Å². The van der Waals surface area contributed by atoms with Gasteiger partial charge in [0.2, 0.25) is 0 Å². The number of benzene rings is 2. The van der Waals surface area contributed by atoms with Crippen molar-refractivity contribution >= 4 is 11.7 Å². The molecule has 1 unspecified atom stereocenters. The molecule has 2 rings (SSSR count). The van der Waals surface area contributed by atoms with Crippen molar-refractivity contribution in [3.63, 3.8) is 0 Å². The van der Waals surface area contributed by atoms with E-state index in [1.54, 1.807) is 6.07 Å². The first kappa shape index (κ1) is 15.0. The molecule has 1 N–H and O–H groups in total. The number of nitrogens with one attached hydrogen (secondary N) is 1. The molecule has 0 bridgehead atoms. The molecule has 2 aromatic rings. The van der Waals surface area contributed by atoms with E-state index in [0.29, 0.717) is 12.2 Å². The molecule has 3 nitrogen and oxygen atoms in total. The zero-order valence-electron chi connectivity index (χ0n) is 12.1. The number of hydrogen-bond donors (Lipinski definition) is 1. The number of hydrogen-bond acceptors (Lipinski definition) is 3. The van der Waals surface area contributed by atoms with Crippen LogP contribution in [0.25, 0.3) is 0 Å². The molecule has 0 radical (unpaired) electrons. The summed E-state index contributed by atoms with van der Waals surface area (Å²) in [5.41, 5.74) is 1.98. The minimum absolute atomic E-state index is 0.206. The van der Waals surface area contributed by atoms with E-state index in [-0.39, 0.29) is 11.5 Å². The molecule has 0 heterocycles. The maximum Gasteiger partial charge on any atom is 0.340 e. The van der Waals surface area contributed by atoms with E-state index in [0.717, 1.165) is 0 Å². The summed E-state index contributed by atoms with van der Waals surface area (Å²) in [6.07, 6.45) is 0. The average molecular weight is 287 g/mol. The van der Waals surface area contributed by atoms with Crippen molar-refractivity contribution in [3.8, 4) is 0 Å². The lowest BCUT2D eigenvalue weighted by atomic mass is 10.0. The Labute approximate surface area is 123 Å². The molecule has 4 heteroatoms. The second-order valence-corrected chi connectivity index (χ2v) is 4.87. The van der Waals surface area contributed by atoms with Crippen molar-refractivity contribution in [2.75, 3.05) is 19.0 Å². The van der Waals surface area contributed by atoms with Gasteiger partial charge in [0.1, 0.15) is 5.82 Å². The Hall–Kier alpha value is -2.36. The Bertz CT molecular complexity index is 613. The SMILES string of the molecule is COC(=O)c1cc(F)ccc1NCC(C)c1ccccc1. The number of esters is 1. The van der Waals surface area contributed by atoms with Crippen molar-refractivity contribution in [1.29, 1.82) is 0 Å². The predicted molar refractivity (Wildman–Crippen MR) is 81.1 cm³/mol. The maximum absolute atomic E-state index is 13.3. The maximum atomic E-state index is 13.3. The van der Waals surface area contributed by atoms with E-state index in [1.165, 1.54) is 24.8 Å². The van der Waals surface area contributed by atoms with Gasteiger partial charge in [0, 0.05) is 12.2 Å². The van der Waals surface area contributed by atoms with Gasteiger partial charge in [-0.3, -0.25) is 0 Å². The molecule has 0 aliphatic carbocycles. The fourth-order valence-corrected chi connectivity index (χ4v) is 2.11. The largest absolute Gasteiger partial charge is 0.465 e. The van der Waals surface area contributed by atoms with Gasteiger partial charge in [-0.05, 0) is 29.7 Å². The predicted octanol–water partition coefficient (Wildman–Crippen LogP) is 3.83. The molecule has 0 aliphatic heterocycles. The summed E-state index contributed by atoms with van der Waals surface area (Å²) in [7, 11) is 1.28. The fourth-order valence-electron chi connectivity index (χ4n) is 2.11. The molecule has 0 fully saturated rings. The van der Waals surface area contributed by atoms with Crippen LogP contribution in [0.1, 0.15) is 28.8 Å². The molecule has 0 amide bonds. The van der Waals surface area contributed by atoms with Crippen molar-refractivity contribution in [3.05, 3.63) is 65.5 Å². The molecule has 0 aliphatic rings. The summed E-state index contributed by atoms with van der Waals surface area (Å²) in [5, 5.41) is 3.19.